The molecule has 0 fully saturated rings. The van der Waals surface area contributed by atoms with E-state index in [-0.39, 0.29) is 5.69 Å². The molecule has 2 aromatic heterocycles. The number of hydrogen-bond donors (Lipinski definition) is 3. The Balaban J connectivity index is 1.66. The fraction of sp³-hybridized carbons (Fsp3) is 0.120. The van der Waals surface area contributed by atoms with Crippen molar-refractivity contribution in [2.24, 2.45) is 5.73 Å². The number of hydrogen-bond acceptors (Lipinski definition) is 4. The summed E-state index contributed by atoms with van der Waals surface area (Å²) in [5, 5.41) is 10.7. The number of aromatic nitrogens is 3. The molecule has 3 amide bonds. The minimum atomic E-state index is -0.615. The summed E-state index contributed by atoms with van der Waals surface area (Å²) >= 11 is 6.37. The minimum absolute atomic E-state index is 0.153. The van der Waals surface area contributed by atoms with Crippen LogP contribution in [0.15, 0.2) is 67.0 Å². The molecule has 8 nitrogen and oxygen atoms in total. The number of urea groups is 1. The summed E-state index contributed by atoms with van der Waals surface area (Å²) in [4.78, 5) is 28.2. The molecule has 0 aliphatic rings. The zero-order valence-electron chi connectivity index (χ0n) is 18.7. The number of rotatable bonds is 6. The van der Waals surface area contributed by atoms with Crippen molar-refractivity contribution < 1.29 is 9.59 Å². The molecular formula is C25H23ClN6O2. The molecule has 0 spiro atoms. The highest BCUT2D eigenvalue weighted by Gasteiger charge is 2.16. The van der Waals surface area contributed by atoms with Crippen LogP contribution in [0.1, 0.15) is 23.0 Å². The van der Waals surface area contributed by atoms with Crippen molar-refractivity contribution in [2.45, 2.75) is 20.4 Å². The van der Waals surface area contributed by atoms with Crippen molar-refractivity contribution in [2.75, 3.05) is 10.6 Å². The van der Waals surface area contributed by atoms with Crippen molar-refractivity contribution in [3.05, 3.63) is 83.3 Å². The summed E-state index contributed by atoms with van der Waals surface area (Å²) in [5.41, 5.74) is 10.7. The second kappa shape index (κ2) is 9.76. The Bertz CT molecular complexity index is 1360. The molecule has 4 N–H and O–H groups in total. The maximum Gasteiger partial charge on any atom is 0.323 e. The fourth-order valence-corrected chi connectivity index (χ4v) is 3.60. The normalized spacial score (nSPS) is 10.7. The SMILES string of the molecule is CCn1cc(-c2ccc(Cl)c(NC(=O)Nc3ccc(C)cc3)c2)c(-c2ccnc(C(N)=O)c2)n1. The van der Waals surface area contributed by atoms with E-state index in [1.165, 1.54) is 6.20 Å². The topological polar surface area (TPSA) is 115 Å². The maximum absolute atomic E-state index is 12.6. The second-order valence-corrected chi connectivity index (χ2v) is 8.09. The van der Waals surface area contributed by atoms with Gasteiger partial charge in [0, 0.05) is 35.8 Å². The third-order valence-electron chi connectivity index (χ3n) is 5.21. The van der Waals surface area contributed by atoms with E-state index in [1.807, 2.05) is 50.4 Å². The van der Waals surface area contributed by atoms with Crippen LogP contribution in [0, 0.1) is 6.92 Å². The van der Waals surface area contributed by atoms with Gasteiger partial charge in [0.05, 0.1) is 10.7 Å². The molecule has 2 aromatic carbocycles. The lowest BCUT2D eigenvalue weighted by molar-refractivity contribution is 0.0995. The molecule has 4 aromatic rings. The third kappa shape index (κ3) is 5.07. The lowest BCUT2D eigenvalue weighted by atomic mass is 10.0. The van der Waals surface area contributed by atoms with Gasteiger partial charge in [-0.3, -0.25) is 14.5 Å². The van der Waals surface area contributed by atoms with Gasteiger partial charge in [0.25, 0.3) is 5.91 Å². The lowest BCUT2D eigenvalue weighted by Gasteiger charge is -2.11. The van der Waals surface area contributed by atoms with Crippen molar-refractivity contribution in [3.8, 4) is 22.4 Å². The van der Waals surface area contributed by atoms with Gasteiger partial charge >= 0.3 is 6.03 Å². The number of amides is 3. The first-order chi connectivity index (χ1) is 16.3. The summed E-state index contributed by atoms with van der Waals surface area (Å²) in [6, 6.07) is 15.8. The van der Waals surface area contributed by atoms with Gasteiger partial charge in [0.15, 0.2) is 0 Å². The number of carbonyl (C=O) groups excluding carboxylic acids is 2. The molecule has 9 heteroatoms. The number of halogens is 1. The van der Waals surface area contributed by atoms with Gasteiger partial charge in [-0.2, -0.15) is 5.10 Å². The van der Waals surface area contributed by atoms with Gasteiger partial charge in [-0.1, -0.05) is 35.4 Å². The summed E-state index contributed by atoms with van der Waals surface area (Å²) in [6.45, 7) is 4.61. The van der Waals surface area contributed by atoms with Crippen molar-refractivity contribution >= 4 is 34.9 Å². The van der Waals surface area contributed by atoms with Crippen molar-refractivity contribution in [1.82, 2.24) is 14.8 Å². The lowest BCUT2D eigenvalue weighted by Crippen LogP contribution is -2.19. The van der Waals surface area contributed by atoms with Gasteiger partial charge in [0.1, 0.15) is 11.4 Å². The van der Waals surface area contributed by atoms with Crippen LogP contribution in [0.4, 0.5) is 16.2 Å². The van der Waals surface area contributed by atoms with E-state index in [9.17, 15) is 9.59 Å². The predicted octanol–water partition coefficient (Wildman–Crippen LogP) is 5.34. The number of aryl methyl sites for hydroxylation is 2. The van der Waals surface area contributed by atoms with Crippen LogP contribution in [0.2, 0.25) is 5.02 Å². The molecule has 0 aliphatic carbocycles. The molecular weight excluding hydrogens is 452 g/mol. The number of anilines is 2. The first-order valence-electron chi connectivity index (χ1n) is 10.6. The Kier molecular flexibility index (Phi) is 6.60. The van der Waals surface area contributed by atoms with E-state index in [0.29, 0.717) is 34.2 Å². The highest BCUT2D eigenvalue weighted by Crippen LogP contribution is 2.35. The Morgan fingerprint density at radius 3 is 2.50 bits per heavy atom. The van der Waals surface area contributed by atoms with Crippen LogP contribution in [0.25, 0.3) is 22.4 Å². The molecule has 0 aliphatic heterocycles. The zero-order valence-corrected chi connectivity index (χ0v) is 19.4. The van der Waals surface area contributed by atoms with Gasteiger partial charge in [-0.05, 0) is 55.8 Å². The highest BCUT2D eigenvalue weighted by molar-refractivity contribution is 6.34. The quantitative estimate of drug-likeness (QED) is 0.350. The van der Waals surface area contributed by atoms with Gasteiger partial charge < -0.3 is 16.4 Å². The number of nitrogens with one attached hydrogen (secondary N) is 2. The summed E-state index contributed by atoms with van der Waals surface area (Å²) in [6.07, 6.45) is 3.42. The van der Waals surface area contributed by atoms with E-state index in [2.05, 4.69) is 20.7 Å². The molecule has 2 heterocycles. The van der Waals surface area contributed by atoms with Crippen LogP contribution >= 0.6 is 11.6 Å². The number of nitrogens with zero attached hydrogens (tertiary/aromatic N) is 3. The molecule has 0 unspecified atom stereocenters. The van der Waals surface area contributed by atoms with Crippen LogP contribution in [0.5, 0.6) is 0 Å². The number of pyridine rings is 1. The Labute approximate surface area is 201 Å². The third-order valence-corrected chi connectivity index (χ3v) is 5.54. The van der Waals surface area contributed by atoms with Crippen LogP contribution < -0.4 is 16.4 Å². The molecule has 0 radical (unpaired) electrons. The number of carbonyl (C=O) groups is 2. The molecule has 172 valence electrons. The average molecular weight is 475 g/mol. The van der Waals surface area contributed by atoms with Crippen molar-refractivity contribution in [1.29, 1.82) is 0 Å². The highest BCUT2D eigenvalue weighted by atomic mass is 35.5. The molecule has 0 saturated heterocycles. The standard InChI is InChI=1S/C25H23ClN6O2/c1-3-32-14-19(23(31-32)17-10-11-28-22(13-17)24(27)33)16-6-9-20(26)21(12-16)30-25(34)29-18-7-4-15(2)5-8-18/h4-14H,3H2,1-2H3,(H2,27,33)(H2,29,30,34). The maximum atomic E-state index is 12.6. The summed E-state index contributed by atoms with van der Waals surface area (Å²) in [7, 11) is 0. The first-order valence-corrected chi connectivity index (χ1v) is 11.0. The molecule has 0 bridgehead atoms. The largest absolute Gasteiger partial charge is 0.364 e. The van der Waals surface area contributed by atoms with Crippen LogP contribution in [0.3, 0.4) is 0 Å². The van der Waals surface area contributed by atoms with Gasteiger partial charge in [0.2, 0.25) is 0 Å². The molecule has 4 rings (SSSR count). The van der Waals surface area contributed by atoms with Gasteiger partial charge in [-0.25, -0.2) is 4.79 Å². The summed E-state index contributed by atoms with van der Waals surface area (Å²) in [5.74, 6) is -0.615. The van der Waals surface area contributed by atoms with Gasteiger partial charge in [-0.15, -0.1) is 0 Å². The Morgan fingerprint density at radius 1 is 1.03 bits per heavy atom. The van der Waals surface area contributed by atoms with Crippen LogP contribution in [-0.2, 0) is 6.54 Å². The van der Waals surface area contributed by atoms with E-state index >= 15 is 0 Å². The fourth-order valence-electron chi connectivity index (χ4n) is 3.43. The van der Waals surface area contributed by atoms with E-state index < -0.39 is 11.9 Å². The average Bonchev–Trinajstić information content (AvgIpc) is 3.27. The second-order valence-electron chi connectivity index (χ2n) is 7.68. The number of primary amides is 1. The minimum Gasteiger partial charge on any atom is -0.364 e. The first kappa shape index (κ1) is 23.0. The Hall–Kier alpha value is -4.17. The zero-order chi connectivity index (χ0) is 24.2. The van der Waals surface area contributed by atoms with Crippen LogP contribution in [-0.4, -0.2) is 26.7 Å². The van der Waals surface area contributed by atoms with E-state index in [1.54, 1.807) is 28.9 Å². The smallest absolute Gasteiger partial charge is 0.323 e. The van der Waals surface area contributed by atoms with E-state index in [4.69, 9.17) is 17.3 Å². The van der Waals surface area contributed by atoms with Crippen molar-refractivity contribution in [3.63, 3.8) is 0 Å². The molecule has 0 atom stereocenters. The Morgan fingerprint density at radius 2 is 1.79 bits per heavy atom. The summed E-state index contributed by atoms with van der Waals surface area (Å²) < 4.78 is 1.79. The predicted molar refractivity (Wildman–Crippen MR) is 134 cm³/mol. The monoisotopic (exact) mass is 474 g/mol. The number of benzene rings is 2. The number of nitrogens with two attached hydrogens (primary N) is 1. The van der Waals surface area contributed by atoms with E-state index in [0.717, 1.165) is 16.7 Å². The molecule has 34 heavy (non-hydrogen) atoms. The molecule has 0 saturated carbocycles.